The van der Waals surface area contributed by atoms with Gasteiger partial charge in [-0.05, 0) is 58.0 Å². The lowest BCUT2D eigenvalue weighted by atomic mass is 9.91. The predicted molar refractivity (Wildman–Crippen MR) is 258 cm³/mol. The van der Waals surface area contributed by atoms with E-state index < -0.39 is 32.1 Å². The molecule has 0 fully saturated rings. The molecule has 0 radical (unpaired) electrons. The van der Waals surface area contributed by atoms with Crippen molar-refractivity contribution in [2.24, 2.45) is 0 Å². The quantitative estimate of drug-likeness (QED) is 0.0240. The molecule has 1 atom stereocenters. The van der Waals surface area contributed by atoms with Gasteiger partial charge in [-0.1, -0.05) is 188 Å². The summed E-state index contributed by atoms with van der Waals surface area (Å²) in [6.07, 6.45) is 0.0911. The van der Waals surface area contributed by atoms with Crippen LogP contribution in [-0.4, -0.2) is 35.8 Å². The van der Waals surface area contributed by atoms with Gasteiger partial charge in [0, 0.05) is 13.0 Å². The van der Waals surface area contributed by atoms with Crippen molar-refractivity contribution in [2.75, 3.05) is 13.3 Å². The van der Waals surface area contributed by atoms with Crippen molar-refractivity contribution in [2.45, 2.75) is 58.5 Å². The molecule has 0 heterocycles. The van der Waals surface area contributed by atoms with Crippen LogP contribution in [0, 0.1) is 0 Å². The number of esters is 2. The molecule has 7 aromatic carbocycles. The fourth-order valence-electron chi connectivity index (χ4n) is 7.03. The van der Waals surface area contributed by atoms with Crippen LogP contribution in [-0.2, 0) is 83.2 Å². The van der Waals surface area contributed by atoms with Crippen LogP contribution in [0.15, 0.2) is 200 Å². The average molecular weight is 935 g/mol. The van der Waals surface area contributed by atoms with Crippen molar-refractivity contribution in [1.29, 1.82) is 0 Å². The smallest absolute Gasteiger partial charge is 0.478 e. The van der Waals surface area contributed by atoms with E-state index in [0.29, 0.717) is 11.3 Å². The Morgan fingerprint density at radius 2 is 0.926 bits per heavy atom. The van der Waals surface area contributed by atoms with E-state index in [1.807, 2.05) is 182 Å². The minimum absolute atomic E-state index is 0.0232. The number of carbonyl (C=O) groups is 2. The van der Waals surface area contributed by atoms with E-state index in [1.165, 1.54) is 0 Å². The highest BCUT2D eigenvalue weighted by atomic mass is 31.2. The molecule has 13 heteroatoms. The second-order valence-corrected chi connectivity index (χ2v) is 17.6. The normalized spacial score (nSPS) is 12.2. The zero-order valence-electron chi connectivity index (χ0n) is 37.9. The van der Waals surface area contributed by atoms with Gasteiger partial charge in [-0.2, -0.15) is 0 Å². The van der Waals surface area contributed by atoms with Gasteiger partial charge in [0.1, 0.15) is 31.9 Å². The maximum Gasteiger partial charge on any atom is 0.478 e. The summed E-state index contributed by atoms with van der Waals surface area (Å²) in [4.78, 5) is 27.9. The fourth-order valence-corrected chi connectivity index (χ4v) is 8.05. The maximum absolute atomic E-state index is 14.7. The number of benzene rings is 7. The number of nitrogens with one attached hydrogen (secondary N) is 1. The fraction of sp³-hybridized carbons (Fsp3) is 0.200. The number of hydrogen-bond donors (Lipinski definition) is 1. The Morgan fingerprint density at radius 3 is 1.43 bits per heavy atom. The van der Waals surface area contributed by atoms with Gasteiger partial charge in [0.05, 0.1) is 13.2 Å². The number of phosphoric acid groups is 1. The van der Waals surface area contributed by atoms with Gasteiger partial charge < -0.3 is 18.9 Å². The molecule has 0 aliphatic heterocycles. The Balaban J connectivity index is 1.15. The zero-order chi connectivity index (χ0) is 47.3. The van der Waals surface area contributed by atoms with Gasteiger partial charge in [0.15, 0.2) is 11.5 Å². The monoisotopic (exact) mass is 934 g/mol. The van der Waals surface area contributed by atoms with Crippen LogP contribution in [0.4, 0.5) is 0 Å². The number of hydrogen-bond acceptors (Lipinski definition) is 12. The molecule has 0 saturated heterocycles. The molecule has 0 spiro atoms. The highest BCUT2D eigenvalue weighted by Gasteiger charge is 2.42. The summed E-state index contributed by atoms with van der Waals surface area (Å²) in [6.45, 7) is 1.52. The van der Waals surface area contributed by atoms with Crippen molar-refractivity contribution in [3.8, 4) is 11.5 Å². The van der Waals surface area contributed by atoms with E-state index in [2.05, 4.69) is 5.43 Å². The third-order valence-corrected chi connectivity index (χ3v) is 12.1. The number of hydrazine groups is 1. The second-order valence-electron chi connectivity index (χ2n) is 16.0. The summed E-state index contributed by atoms with van der Waals surface area (Å²) in [7, 11) is -4.18. The standard InChI is InChI=1S/C55H55N2O10P/c1-55(54(59)63-40-47-26-14-5-15-27-47,57(37-44-20-8-2-9-21-44)56-36-53(58)62-39-46-24-12-4-13-25-46)35-50-32-33-51(52(34-50)61-38-45-22-10-3-11-23-45)64-43-67-68(60,65-41-48-28-16-6-17-29-48)66-42-49-30-18-7-19-31-49/h2-34,56H,35-43H2,1H3/t55-/m0/s1. The topological polar surface area (TPSA) is 131 Å². The van der Waals surface area contributed by atoms with Crippen LogP contribution in [0.3, 0.4) is 0 Å². The van der Waals surface area contributed by atoms with E-state index in [9.17, 15) is 14.2 Å². The highest BCUT2D eigenvalue weighted by molar-refractivity contribution is 7.48. The molecule has 12 nitrogen and oxygen atoms in total. The van der Waals surface area contributed by atoms with Crippen molar-refractivity contribution < 1.29 is 46.7 Å². The molecule has 0 bridgehead atoms. The van der Waals surface area contributed by atoms with Gasteiger partial charge in [-0.25, -0.2) is 24.3 Å². The number of ether oxygens (including phenoxy) is 4. The van der Waals surface area contributed by atoms with Crippen molar-refractivity contribution >= 4 is 19.8 Å². The van der Waals surface area contributed by atoms with Crippen LogP contribution in [0.25, 0.3) is 0 Å². The van der Waals surface area contributed by atoms with Crippen LogP contribution < -0.4 is 14.9 Å². The molecule has 7 rings (SSSR count). The first-order chi connectivity index (χ1) is 33.2. The molecular formula is C55H55N2O10P. The molecule has 0 amide bonds. The second kappa shape index (κ2) is 25.3. The lowest BCUT2D eigenvalue weighted by Crippen LogP contribution is -2.60. The van der Waals surface area contributed by atoms with Crippen LogP contribution in [0.2, 0.25) is 0 Å². The summed E-state index contributed by atoms with van der Waals surface area (Å²) in [5.74, 6) is -0.444. The first-order valence-electron chi connectivity index (χ1n) is 22.2. The Bertz CT molecular complexity index is 2600. The van der Waals surface area contributed by atoms with E-state index in [4.69, 9.17) is 32.5 Å². The molecule has 0 saturated carbocycles. The molecule has 0 unspecified atom stereocenters. The van der Waals surface area contributed by atoms with Gasteiger partial charge in [-0.3, -0.25) is 13.8 Å². The lowest BCUT2D eigenvalue weighted by molar-refractivity contribution is -0.164. The van der Waals surface area contributed by atoms with Gasteiger partial charge >= 0.3 is 19.8 Å². The van der Waals surface area contributed by atoms with Crippen LogP contribution in [0.5, 0.6) is 11.5 Å². The van der Waals surface area contributed by atoms with Gasteiger partial charge in [0.2, 0.25) is 6.79 Å². The summed E-state index contributed by atoms with van der Waals surface area (Å²) in [5.41, 5.74) is 7.50. The molecule has 0 aliphatic carbocycles. The lowest BCUT2D eigenvalue weighted by Gasteiger charge is -2.39. The van der Waals surface area contributed by atoms with E-state index in [0.717, 1.165) is 33.4 Å². The van der Waals surface area contributed by atoms with Crippen LogP contribution in [0.1, 0.15) is 45.9 Å². The summed E-state index contributed by atoms with van der Waals surface area (Å²) in [5, 5.41) is 1.73. The summed E-state index contributed by atoms with van der Waals surface area (Å²) >= 11 is 0. The predicted octanol–water partition coefficient (Wildman–Crippen LogP) is 11.0. The van der Waals surface area contributed by atoms with Gasteiger partial charge in [-0.15, -0.1) is 0 Å². The summed E-state index contributed by atoms with van der Waals surface area (Å²) in [6, 6.07) is 62.0. The Hall–Kier alpha value is -6.89. The highest BCUT2D eigenvalue weighted by Crippen LogP contribution is 2.51. The van der Waals surface area contributed by atoms with Crippen LogP contribution >= 0.6 is 7.82 Å². The number of carbonyl (C=O) groups excluding carboxylic acids is 2. The first kappa shape index (κ1) is 49.0. The molecule has 68 heavy (non-hydrogen) atoms. The van der Waals surface area contributed by atoms with Crippen molar-refractivity contribution in [3.63, 3.8) is 0 Å². The van der Waals surface area contributed by atoms with Gasteiger partial charge in [0.25, 0.3) is 0 Å². The minimum atomic E-state index is -4.18. The Kier molecular flexibility index (Phi) is 18.2. The largest absolute Gasteiger partial charge is 0.485 e. The Labute approximate surface area is 397 Å². The number of rotatable bonds is 26. The molecule has 1 N–H and O–H groups in total. The summed E-state index contributed by atoms with van der Waals surface area (Å²) < 4.78 is 55.8. The van der Waals surface area contributed by atoms with E-state index >= 15 is 0 Å². The number of nitrogens with zero attached hydrogens (tertiary/aromatic N) is 1. The third kappa shape index (κ3) is 15.3. The SMILES string of the molecule is C[C@](Cc1ccc(OCOP(=O)(OCc2ccccc2)OCc2ccccc2)c(OCc2ccccc2)c1)(C(=O)OCc1ccccc1)N(Cc1ccccc1)NCC(=O)OCc1ccccc1. The minimum Gasteiger partial charge on any atom is -0.485 e. The molecule has 7 aromatic rings. The molecule has 0 aromatic heterocycles. The zero-order valence-corrected chi connectivity index (χ0v) is 38.8. The first-order valence-corrected chi connectivity index (χ1v) is 23.7. The molecule has 350 valence electrons. The van der Waals surface area contributed by atoms with Crippen molar-refractivity contribution in [1.82, 2.24) is 10.4 Å². The third-order valence-electron chi connectivity index (χ3n) is 10.8. The Morgan fingerprint density at radius 1 is 0.485 bits per heavy atom. The van der Waals surface area contributed by atoms with Crippen molar-refractivity contribution in [3.05, 3.63) is 239 Å². The molecule has 0 aliphatic rings. The van der Waals surface area contributed by atoms with E-state index in [-0.39, 0.29) is 58.3 Å². The average Bonchev–Trinajstić information content (AvgIpc) is 3.39. The number of phosphoric ester groups is 1. The maximum atomic E-state index is 14.7. The molecular weight excluding hydrogens is 880 g/mol. The van der Waals surface area contributed by atoms with E-state index in [1.54, 1.807) is 30.1 Å².